The summed E-state index contributed by atoms with van der Waals surface area (Å²) < 4.78 is 0. The molecule has 0 spiro atoms. The normalized spacial score (nSPS) is 13.7. The molecule has 5 nitrogen and oxygen atoms in total. The van der Waals surface area contributed by atoms with Gasteiger partial charge in [-0.05, 0) is 25.0 Å². The Labute approximate surface area is 130 Å². The Hall–Kier alpha value is -1.92. The maximum atomic E-state index is 11.9. The van der Waals surface area contributed by atoms with Crippen molar-refractivity contribution in [2.24, 2.45) is 0 Å². The molecule has 0 saturated carbocycles. The molecule has 2 amide bonds. The summed E-state index contributed by atoms with van der Waals surface area (Å²) in [5.74, 6) is 0.105. The van der Waals surface area contributed by atoms with E-state index in [1.54, 1.807) is 24.3 Å². The molecule has 0 radical (unpaired) electrons. The number of carbonyl (C=O) groups excluding carboxylic acids is 2. The van der Waals surface area contributed by atoms with Gasteiger partial charge in [-0.2, -0.15) is 0 Å². The molecule has 0 atom stereocenters. The predicted octanol–water partition coefficient (Wildman–Crippen LogP) is 3.96. The van der Waals surface area contributed by atoms with Crippen molar-refractivity contribution < 1.29 is 9.59 Å². The topological polar surface area (TPSA) is 71.1 Å². The molecule has 0 saturated heterocycles. The van der Waals surface area contributed by atoms with E-state index < -0.39 is 6.03 Å². The number of urea groups is 1. The number of halogens is 1. The number of nitrogens with one attached hydrogen (secondary N) is 2. The van der Waals surface area contributed by atoms with Gasteiger partial charge in [0.1, 0.15) is 0 Å². The second-order valence-electron chi connectivity index (χ2n) is 4.63. The molecule has 0 aliphatic heterocycles. The molecule has 1 heterocycles. The summed E-state index contributed by atoms with van der Waals surface area (Å²) in [6, 6.07) is 6.53. The minimum absolute atomic E-state index is 0.105. The quantitative estimate of drug-likeness (QED) is 0.879. The Morgan fingerprint density at radius 2 is 2.05 bits per heavy atom. The molecular weight excluding hydrogens is 310 g/mol. The summed E-state index contributed by atoms with van der Waals surface area (Å²) in [5, 5.41) is 6.18. The summed E-state index contributed by atoms with van der Waals surface area (Å²) in [5.41, 5.74) is 1.30. The molecule has 1 aromatic heterocycles. The van der Waals surface area contributed by atoms with Gasteiger partial charge in [0.25, 0.3) is 0 Å². The van der Waals surface area contributed by atoms with Gasteiger partial charge in [-0.1, -0.05) is 35.1 Å². The van der Waals surface area contributed by atoms with E-state index in [-0.39, 0.29) is 5.78 Å². The fourth-order valence-corrected chi connectivity index (χ4v) is 3.29. The Morgan fingerprint density at radius 3 is 2.81 bits per heavy atom. The molecular formula is C14H12ClN3O2S. The number of aryl methyl sites for hydroxylation is 1. The zero-order chi connectivity index (χ0) is 14.8. The third-order valence-electron chi connectivity index (χ3n) is 3.11. The van der Waals surface area contributed by atoms with Crippen molar-refractivity contribution in [3.63, 3.8) is 0 Å². The van der Waals surface area contributed by atoms with Gasteiger partial charge in [-0.15, -0.1) is 0 Å². The lowest BCUT2D eigenvalue weighted by Gasteiger charge is -2.06. The number of fused-ring (bicyclic) bond motifs is 1. The number of carbonyl (C=O) groups is 2. The summed E-state index contributed by atoms with van der Waals surface area (Å²) in [6.45, 7) is 0. The van der Waals surface area contributed by atoms with Crippen molar-refractivity contribution in [1.29, 1.82) is 0 Å². The number of benzene rings is 1. The van der Waals surface area contributed by atoms with E-state index in [4.69, 9.17) is 11.6 Å². The highest BCUT2D eigenvalue weighted by Crippen LogP contribution is 2.29. The summed E-state index contributed by atoms with van der Waals surface area (Å²) in [6.07, 6.45) is 2.16. The first kappa shape index (κ1) is 14.0. The minimum atomic E-state index is -0.429. The zero-order valence-corrected chi connectivity index (χ0v) is 12.6. The van der Waals surface area contributed by atoms with E-state index in [2.05, 4.69) is 15.6 Å². The van der Waals surface area contributed by atoms with Gasteiger partial charge in [0, 0.05) is 6.42 Å². The number of ketones is 1. The van der Waals surface area contributed by atoms with Crippen molar-refractivity contribution >= 4 is 45.6 Å². The third-order valence-corrected chi connectivity index (χ3v) is 4.49. The monoisotopic (exact) mass is 321 g/mol. The Morgan fingerprint density at radius 1 is 1.24 bits per heavy atom. The number of hydrogen-bond acceptors (Lipinski definition) is 4. The van der Waals surface area contributed by atoms with Crippen LogP contribution >= 0.6 is 22.9 Å². The van der Waals surface area contributed by atoms with Gasteiger partial charge in [-0.25, -0.2) is 9.78 Å². The fourth-order valence-electron chi connectivity index (χ4n) is 2.14. The van der Waals surface area contributed by atoms with E-state index in [0.29, 0.717) is 27.1 Å². The lowest BCUT2D eigenvalue weighted by molar-refractivity contribution is 0.0976. The highest BCUT2D eigenvalue weighted by molar-refractivity contribution is 7.17. The maximum absolute atomic E-state index is 11.9. The number of rotatable bonds is 2. The number of nitrogens with zero attached hydrogens (tertiary/aromatic N) is 1. The smallest absolute Gasteiger partial charge is 0.306 e. The van der Waals surface area contributed by atoms with Crippen LogP contribution in [-0.4, -0.2) is 16.8 Å². The summed E-state index contributed by atoms with van der Waals surface area (Å²) >= 11 is 7.19. The Kier molecular flexibility index (Phi) is 3.90. The fraction of sp³-hybridized carbons (Fsp3) is 0.214. The average Bonchev–Trinajstić information content (AvgIpc) is 2.85. The molecule has 0 bridgehead atoms. The number of thiazole rings is 1. The zero-order valence-electron chi connectivity index (χ0n) is 11.0. The van der Waals surface area contributed by atoms with Crippen LogP contribution in [0.3, 0.4) is 0 Å². The second-order valence-corrected chi connectivity index (χ2v) is 6.04. The lowest BCUT2D eigenvalue weighted by Crippen LogP contribution is -2.19. The predicted molar refractivity (Wildman–Crippen MR) is 83.5 cm³/mol. The molecule has 21 heavy (non-hydrogen) atoms. The summed E-state index contributed by atoms with van der Waals surface area (Å²) in [4.78, 5) is 28.6. The van der Waals surface area contributed by atoms with Gasteiger partial charge >= 0.3 is 6.03 Å². The molecule has 108 valence electrons. The van der Waals surface area contributed by atoms with Gasteiger partial charge < -0.3 is 5.32 Å². The first-order chi connectivity index (χ1) is 10.1. The first-order valence-corrected chi connectivity index (χ1v) is 7.68. The molecule has 3 rings (SSSR count). The number of amides is 2. The molecule has 2 aromatic rings. The van der Waals surface area contributed by atoms with E-state index >= 15 is 0 Å². The van der Waals surface area contributed by atoms with Crippen molar-refractivity contribution in [2.45, 2.75) is 19.3 Å². The van der Waals surface area contributed by atoms with Gasteiger partial charge in [0.2, 0.25) is 0 Å². The second kappa shape index (κ2) is 5.83. The van der Waals surface area contributed by atoms with Gasteiger partial charge in [0.05, 0.1) is 21.3 Å². The van der Waals surface area contributed by atoms with Gasteiger partial charge in [-0.3, -0.25) is 10.1 Å². The van der Waals surface area contributed by atoms with Crippen LogP contribution in [0.15, 0.2) is 24.3 Å². The summed E-state index contributed by atoms with van der Waals surface area (Å²) in [7, 11) is 0. The van der Waals surface area contributed by atoms with Crippen molar-refractivity contribution in [3.8, 4) is 0 Å². The maximum Gasteiger partial charge on any atom is 0.325 e. The van der Waals surface area contributed by atoms with Crippen LogP contribution in [0.4, 0.5) is 15.6 Å². The number of aromatic nitrogens is 1. The molecule has 7 heteroatoms. The van der Waals surface area contributed by atoms with Crippen LogP contribution in [0, 0.1) is 0 Å². The number of para-hydroxylation sites is 1. The number of Topliss-reactive ketones (excluding diaryl/α,β-unsaturated/α-hetero) is 1. The van der Waals surface area contributed by atoms with Crippen molar-refractivity contribution in [3.05, 3.63) is 39.9 Å². The molecule has 1 aromatic carbocycles. The SMILES string of the molecule is O=C(Nc1nc2c(s1)C(=O)CCC2)Nc1ccccc1Cl. The lowest BCUT2D eigenvalue weighted by atomic mass is 10.0. The van der Waals surface area contributed by atoms with E-state index in [1.807, 2.05) is 0 Å². The van der Waals surface area contributed by atoms with Crippen LogP contribution in [0.5, 0.6) is 0 Å². The first-order valence-electron chi connectivity index (χ1n) is 6.49. The van der Waals surface area contributed by atoms with Crippen LogP contribution in [0.25, 0.3) is 0 Å². The molecule has 0 fully saturated rings. The molecule has 2 N–H and O–H groups in total. The molecule has 0 unspecified atom stereocenters. The molecule has 1 aliphatic carbocycles. The van der Waals surface area contributed by atoms with Crippen LogP contribution < -0.4 is 10.6 Å². The average molecular weight is 322 g/mol. The van der Waals surface area contributed by atoms with Crippen molar-refractivity contribution in [1.82, 2.24) is 4.98 Å². The highest BCUT2D eigenvalue weighted by atomic mass is 35.5. The van der Waals surface area contributed by atoms with Crippen LogP contribution in [-0.2, 0) is 6.42 Å². The molecule has 1 aliphatic rings. The van der Waals surface area contributed by atoms with Gasteiger partial charge in [0.15, 0.2) is 10.9 Å². The van der Waals surface area contributed by atoms with E-state index in [9.17, 15) is 9.59 Å². The van der Waals surface area contributed by atoms with Crippen LogP contribution in [0.2, 0.25) is 5.02 Å². The highest BCUT2D eigenvalue weighted by Gasteiger charge is 2.22. The third kappa shape index (κ3) is 3.06. The number of hydrogen-bond donors (Lipinski definition) is 2. The van der Waals surface area contributed by atoms with E-state index in [1.165, 1.54) is 11.3 Å². The number of anilines is 2. The minimum Gasteiger partial charge on any atom is -0.306 e. The van der Waals surface area contributed by atoms with Crippen molar-refractivity contribution in [2.75, 3.05) is 10.6 Å². The standard InChI is InChI=1S/C14H12ClN3O2S/c15-8-4-1-2-5-9(8)16-13(20)18-14-17-10-6-3-7-11(19)12(10)21-14/h1-2,4-5H,3,6-7H2,(H2,16,17,18,20). The Bertz CT molecular complexity index is 714. The Balaban J connectivity index is 1.71. The van der Waals surface area contributed by atoms with E-state index in [0.717, 1.165) is 18.5 Å². The largest absolute Gasteiger partial charge is 0.325 e. The van der Waals surface area contributed by atoms with Crippen LogP contribution in [0.1, 0.15) is 28.2 Å².